The molecule has 4 heteroatoms. The second-order valence-electron chi connectivity index (χ2n) is 16.1. The summed E-state index contributed by atoms with van der Waals surface area (Å²) in [6, 6.07) is 85.8. The van der Waals surface area contributed by atoms with E-state index in [0.717, 1.165) is 100 Å². The van der Waals surface area contributed by atoms with Crippen molar-refractivity contribution in [2.24, 2.45) is 0 Å². The number of nitrogens with zero attached hydrogens (tertiary/aromatic N) is 2. The molecule has 0 radical (unpaired) electrons. The SMILES string of the molecule is c1ccc(-c2ccc(N(c3ccc(-c4ccccc4)cc3)c3cc(-c4cccc(N(c5ccccc5)c5ccc6oc7ccccc7c6c5)c4)cc4oc5ccccc5c34)cc2)cc1. The van der Waals surface area contributed by atoms with Gasteiger partial charge in [0.25, 0.3) is 0 Å². The molecule has 0 fully saturated rings. The average molecular weight is 821 g/mol. The van der Waals surface area contributed by atoms with Crippen LogP contribution in [0.2, 0.25) is 0 Å². The van der Waals surface area contributed by atoms with E-state index >= 15 is 0 Å². The third-order valence-electron chi connectivity index (χ3n) is 12.2. The van der Waals surface area contributed by atoms with Crippen LogP contribution in [0, 0.1) is 0 Å². The molecule has 0 spiro atoms. The van der Waals surface area contributed by atoms with E-state index in [1.165, 1.54) is 11.1 Å². The Morgan fingerprint density at radius 3 is 1.34 bits per heavy atom. The van der Waals surface area contributed by atoms with Crippen molar-refractivity contribution in [2.75, 3.05) is 9.80 Å². The first-order valence-electron chi connectivity index (χ1n) is 21.7. The van der Waals surface area contributed by atoms with E-state index in [1.807, 2.05) is 18.2 Å². The minimum atomic E-state index is 0.822. The first-order valence-corrected chi connectivity index (χ1v) is 21.7. The molecule has 302 valence electrons. The van der Waals surface area contributed by atoms with Crippen LogP contribution in [-0.4, -0.2) is 0 Å². The Bertz CT molecular complexity index is 3510. The predicted octanol–water partition coefficient (Wildman–Crippen LogP) is 17.4. The average Bonchev–Trinajstić information content (AvgIpc) is 3.94. The fraction of sp³-hybridized carbons (Fsp3) is 0. The predicted molar refractivity (Wildman–Crippen MR) is 267 cm³/mol. The van der Waals surface area contributed by atoms with Crippen molar-refractivity contribution >= 4 is 78.0 Å². The zero-order valence-electron chi connectivity index (χ0n) is 34.8. The summed E-state index contributed by atoms with van der Waals surface area (Å²) in [6.45, 7) is 0. The second-order valence-corrected chi connectivity index (χ2v) is 16.1. The van der Waals surface area contributed by atoms with E-state index in [2.05, 4.69) is 234 Å². The number of fused-ring (bicyclic) bond motifs is 6. The third-order valence-corrected chi connectivity index (χ3v) is 12.2. The van der Waals surface area contributed by atoms with Gasteiger partial charge in [-0.2, -0.15) is 0 Å². The van der Waals surface area contributed by atoms with Crippen molar-refractivity contribution in [3.05, 3.63) is 243 Å². The van der Waals surface area contributed by atoms with Gasteiger partial charge in [-0.3, -0.25) is 0 Å². The highest BCUT2D eigenvalue weighted by molar-refractivity contribution is 6.15. The number of para-hydroxylation sites is 3. The molecule has 0 aliphatic heterocycles. The van der Waals surface area contributed by atoms with E-state index in [0.29, 0.717) is 0 Å². The lowest BCUT2D eigenvalue weighted by atomic mass is 9.98. The van der Waals surface area contributed by atoms with Gasteiger partial charge in [-0.15, -0.1) is 0 Å². The van der Waals surface area contributed by atoms with Crippen molar-refractivity contribution in [2.45, 2.75) is 0 Å². The van der Waals surface area contributed by atoms with Gasteiger partial charge >= 0.3 is 0 Å². The Labute approximate surface area is 371 Å². The minimum absolute atomic E-state index is 0.822. The van der Waals surface area contributed by atoms with Gasteiger partial charge in [0.1, 0.15) is 22.3 Å². The third kappa shape index (κ3) is 6.66. The molecule has 10 aromatic carbocycles. The number of rotatable bonds is 9. The molecule has 0 saturated heterocycles. The molecule has 0 amide bonds. The van der Waals surface area contributed by atoms with E-state index in [4.69, 9.17) is 8.83 Å². The van der Waals surface area contributed by atoms with Gasteiger partial charge in [-0.05, 0) is 124 Å². The van der Waals surface area contributed by atoms with Crippen LogP contribution in [0.5, 0.6) is 0 Å². The Hall–Kier alpha value is -8.60. The molecular weight excluding hydrogens is 781 g/mol. The Kier molecular flexibility index (Phi) is 9.12. The van der Waals surface area contributed by atoms with E-state index < -0.39 is 0 Å². The van der Waals surface area contributed by atoms with Gasteiger partial charge in [0.15, 0.2) is 0 Å². The second kappa shape index (κ2) is 15.7. The Morgan fingerprint density at radius 2 is 0.688 bits per heavy atom. The zero-order chi connectivity index (χ0) is 42.4. The standard InChI is InChI=1S/C60H40N2O2/c1-4-15-41(16-5-1)43-27-31-48(32-28-43)62(49-33-29-44(30-34-49)42-17-6-2-7-18-42)55-38-46(39-59-60(55)53-24-11-13-26-57(53)64-59)45-19-14-22-50(37-45)61(47-20-8-3-9-21-47)51-35-36-58-54(40-51)52-23-10-12-25-56(52)63-58/h1-40H. The normalized spacial score (nSPS) is 11.4. The quantitative estimate of drug-likeness (QED) is 0.145. The minimum Gasteiger partial charge on any atom is -0.456 e. The molecule has 2 aromatic heterocycles. The first kappa shape index (κ1) is 37.2. The summed E-state index contributed by atoms with van der Waals surface area (Å²) in [6.07, 6.45) is 0. The van der Waals surface area contributed by atoms with Gasteiger partial charge in [-0.25, -0.2) is 0 Å². The van der Waals surface area contributed by atoms with Gasteiger partial charge in [0.2, 0.25) is 0 Å². The topological polar surface area (TPSA) is 32.8 Å². The zero-order valence-corrected chi connectivity index (χ0v) is 34.8. The van der Waals surface area contributed by atoms with Gasteiger partial charge < -0.3 is 18.6 Å². The van der Waals surface area contributed by atoms with E-state index in [-0.39, 0.29) is 0 Å². The molecule has 0 aliphatic carbocycles. The van der Waals surface area contributed by atoms with Crippen LogP contribution >= 0.6 is 0 Å². The fourth-order valence-electron chi connectivity index (χ4n) is 9.17. The van der Waals surface area contributed by atoms with E-state index in [9.17, 15) is 0 Å². The summed E-state index contributed by atoms with van der Waals surface area (Å²) >= 11 is 0. The Balaban J connectivity index is 1.04. The van der Waals surface area contributed by atoms with Crippen molar-refractivity contribution in [3.8, 4) is 33.4 Å². The maximum Gasteiger partial charge on any atom is 0.138 e. The molecule has 4 nitrogen and oxygen atoms in total. The molecule has 64 heavy (non-hydrogen) atoms. The highest BCUT2D eigenvalue weighted by Crippen LogP contribution is 2.47. The lowest BCUT2D eigenvalue weighted by Crippen LogP contribution is -2.11. The number of benzene rings is 10. The summed E-state index contributed by atoms with van der Waals surface area (Å²) < 4.78 is 13.0. The molecule has 0 unspecified atom stereocenters. The monoisotopic (exact) mass is 820 g/mol. The van der Waals surface area contributed by atoms with Crippen LogP contribution in [0.25, 0.3) is 77.3 Å². The molecule has 12 rings (SSSR count). The van der Waals surface area contributed by atoms with Gasteiger partial charge in [0.05, 0.1) is 11.1 Å². The van der Waals surface area contributed by atoms with Crippen molar-refractivity contribution < 1.29 is 8.83 Å². The van der Waals surface area contributed by atoms with Crippen molar-refractivity contribution in [1.82, 2.24) is 0 Å². The molecular formula is C60H40N2O2. The lowest BCUT2D eigenvalue weighted by molar-refractivity contribution is 0.668. The number of hydrogen-bond donors (Lipinski definition) is 0. The highest BCUT2D eigenvalue weighted by Gasteiger charge is 2.23. The van der Waals surface area contributed by atoms with Gasteiger partial charge in [0, 0.05) is 44.6 Å². The van der Waals surface area contributed by atoms with Crippen LogP contribution in [-0.2, 0) is 0 Å². The van der Waals surface area contributed by atoms with Crippen LogP contribution in [0.4, 0.5) is 34.1 Å². The highest BCUT2D eigenvalue weighted by atomic mass is 16.3. The van der Waals surface area contributed by atoms with Crippen LogP contribution in [0.3, 0.4) is 0 Å². The lowest BCUT2D eigenvalue weighted by Gasteiger charge is -2.28. The molecule has 0 atom stereocenters. The van der Waals surface area contributed by atoms with Gasteiger partial charge in [-0.1, -0.05) is 152 Å². The van der Waals surface area contributed by atoms with E-state index in [1.54, 1.807) is 0 Å². The first-order chi connectivity index (χ1) is 31.7. The van der Waals surface area contributed by atoms with Crippen LogP contribution in [0.15, 0.2) is 251 Å². The molecule has 2 heterocycles. The van der Waals surface area contributed by atoms with Crippen LogP contribution in [0.1, 0.15) is 0 Å². The molecule has 12 aromatic rings. The number of anilines is 6. The largest absolute Gasteiger partial charge is 0.456 e. The molecule has 0 aliphatic rings. The molecule has 0 bridgehead atoms. The number of hydrogen-bond acceptors (Lipinski definition) is 4. The number of furan rings is 2. The smallest absolute Gasteiger partial charge is 0.138 e. The molecule has 0 saturated carbocycles. The Morgan fingerprint density at radius 1 is 0.234 bits per heavy atom. The summed E-state index contributed by atoms with van der Waals surface area (Å²) in [4.78, 5) is 4.70. The summed E-state index contributed by atoms with van der Waals surface area (Å²) in [7, 11) is 0. The van der Waals surface area contributed by atoms with Crippen molar-refractivity contribution in [3.63, 3.8) is 0 Å². The fourth-order valence-corrected chi connectivity index (χ4v) is 9.17. The summed E-state index contributed by atoms with van der Waals surface area (Å²) in [5.41, 5.74) is 16.5. The maximum atomic E-state index is 6.77. The molecule has 0 N–H and O–H groups in total. The summed E-state index contributed by atoms with van der Waals surface area (Å²) in [5.74, 6) is 0. The van der Waals surface area contributed by atoms with Crippen LogP contribution < -0.4 is 9.80 Å². The van der Waals surface area contributed by atoms with Crippen molar-refractivity contribution in [1.29, 1.82) is 0 Å². The summed E-state index contributed by atoms with van der Waals surface area (Å²) in [5, 5.41) is 4.30. The maximum absolute atomic E-state index is 6.77.